The summed E-state index contributed by atoms with van der Waals surface area (Å²) in [4.78, 5) is 48.1. The van der Waals surface area contributed by atoms with Crippen LogP contribution in [-0.4, -0.2) is 43.1 Å². The molecule has 0 saturated heterocycles. The summed E-state index contributed by atoms with van der Waals surface area (Å²) in [5.74, 6) is -1.02. The van der Waals surface area contributed by atoms with Crippen LogP contribution in [0.25, 0.3) is 0 Å². The van der Waals surface area contributed by atoms with E-state index in [1.165, 1.54) is 31.2 Å². The third-order valence-corrected chi connectivity index (χ3v) is 4.17. The maximum atomic E-state index is 12.7. The highest BCUT2D eigenvalue weighted by atomic mass is 16.6. The zero-order valence-electron chi connectivity index (χ0n) is 16.4. The lowest BCUT2D eigenvalue weighted by molar-refractivity contribution is -0.118. The molecule has 0 saturated carbocycles. The number of benzene rings is 2. The SMILES string of the molecule is CCOC(=O)Nc1cccc(C(=O)OC(C)C(=O)c2ccc3c(c2)NC(=O)CO3)c1. The molecule has 0 aromatic heterocycles. The highest BCUT2D eigenvalue weighted by Crippen LogP contribution is 2.29. The average Bonchev–Trinajstić information content (AvgIpc) is 2.72. The van der Waals surface area contributed by atoms with E-state index in [9.17, 15) is 19.2 Å². The van der Waals surface area contributed by atoms with Crippen LogP contribution in [0.5, 0.6) is 5.75 Å². The number of ketones is 1. The Balaban J connectivity index is 1.67. The molecule has 9 heteroatoms. The molecular weight excluding hydrogens is 392 g/mol. The lowest BCUT2D eigenvalue weighted by atomic mass is 10.1. The van der Waals surface area contributed by atoms with Crippen LogP contribution in [0.4, 0.5) is 16.2 Å². The second-order valence-corrected chi connectivity index (χ2v) is 6.39. The highest BCUT2D eigenvalue weighted by molar-refractivity contribution is 6.04. The normalized spacial score (nSPS) is 13.2. The van der Waals surface area contributed by atoms with Crippen molar-refractivity contribution >= 4 is 35.1 Å². The molecule has 3 rings (SSSR count). The summed E-state index contributed by atoms with van der Waals surface area (Å²) in [7, 11) is 0. The Morgan fingerprint density at radius 2 is 1.97 bits per heavy atom. The van der Waals surface area contributed by atoms with E-state index in [0.717, 1.165) is 0 Å². The van der Waals surface area contributed by atoms with Gasteiger partial charge in [-0.3, -0.25) is 14.9 Å². The van der Waals surface area contributed by atoms with Crippen molar-refractivity contribution in [3.05, 3.63) is 53.6 Å². The largest absolute Gasteiger partial charge is 0.482 e. The summed E-state index contributed by atoms with van der Waals surface area (Å²) in [6.07, 6.45) is -1.72. The second kappa shape index (κ2) is 9.08. The third kappa shape index (κ3) is 4.93. The fraction of sp³-hybridized carbons (Fsp3) is 0.238. The number of esters is 1. The van der Waals surface area contributed by atoms with Crippen molar-refractivity contribution in [3.8, 4) is 5.75 Å². The number of nitrogens with one attached hydrogen (secondary N) is 2. The monoisotopic (exact) mass is 412 g/mol. The van der Waals surface area contributed by atoms with Crippen LogP contribution in [0.3, 0.4) is 0 Å². The summed E-state index contributed by atoms with van der Waals surface area (Å²) < 4.78 is 15.3. The number of Topliss-reactive ketones (excluding diaryl/α,β-unsaturated/α-hetero) is 1. The number of carbonyl (C=O) groups is 4. The van der Waals surface area contributed by atoms with E-state index >= 15 is 0 Å². The Kier molecular flexibility index (Phi) is 6.31. The van der Waals surface area contributed by atoms with Crippen LogP contribution >= 0.6 is 0 Å². The summed E-state index contributed by atoms with van der Waals surface area (Å²) in [6.45, 7) is 3.26. The lowest BCUT2D eigenvalue weighted by Gasteiger charge is -2.19. The van der Waals surface area contributed by atoms with Gasteiger partial charge in [0, 0.05) is 11.3 Å². The van der Waals surface area contributed by atoms with Gasteiger partial charge in [-0.05, 0) is 50.2 Å². The van der Waals surface area contributed by atoms with Gasteiger partial charge in [-0.15, -0.1) is 0 Å². The van der Waals surface area contributed by atoms with Crippen LogP contribution in [0.2, 0.25) is 0 Å². The van der Waals surface area contributed by atoms with Crippen molar-refractivity contribution < 1.29 is 33.4 Å². The van der Waals surface area contributed by atoms with Gasteiger partial charge in [0.05, 0.1) is 17.9 Å². The van der Waals surface area contributed by atoms with Gasteiger partial charge in [0.15, 0.2) is 12.7 Å². The fourth-order valence-electron chi connectivity index (χ4n) is 2.76. The second-order valence-electron chi connectivity index (χ2n) is 6.39. The summed E-state index contributed by atoms with van der Waals surface area (Å²) in [5, 5.41) is 5.11. The molecule has 1 heterocycles. The molecule has 2 N–H and O–H groups in total. The van der Waals surface area contributed by atoms with Crippen molar-refractivity contribution in [3.63, 3.8) is 0 Å². The number of rotatable bonds is 6. The molecule has 0 bridgehead atoms. The molecule has 0 radical (unpaired) electrons. The molecule has 2 amide bonds. The van der Waals surface area contributed by atoms with Crippen molar-refractivity contribution in [2.24, 2.45) is 0 Å². The number of hydrogen-bond donors (Lipinski definition) is 2. The Labute approximate surface area is 172 Å². The van der Waals surface area contributed by atoms with Gasteiger partial charge in [-0.25, -0.2) is 9.59 Å². The van der Waals surface area contributed by atoms with Crippen LogP contribution in [0.1, 0.15) is 34.6 Å². The molecule has 156 valence electrons. The molecule has 0 fully saturated rings. The van der Waals surface area contributed by atoms with Gasteiger partial charge in [0.2, 0.25) is 5.78 Å². The van der Waals surface area contributed by atoms with Gasteiger partial charge in [-0.1, -0.05) is 6.07 Å². The van der Waals surface area contributed by atoms with Gasteiger partial charge in [0.1, 0.15) is 5.75 Å². The number of carbonyl (C=O) groups excluding carboxylic acids is 4. The van der Waals surface area contributed by atoms with Gasteiger partial charge in [0.25, 0.3) is 5.91 Å². The molecule has 0 spiro atoms. The average molecular weight is 412 g/mol. The van der Waals surface area contributed by atoms with Crippen molar-refractivity contribution in [2.45, 2.75) is 20.0 Å². The number of amides is 2. The maximum Gasteiger partial charge on any atom is 0.411 e. The summed E-state index contributed by atoms with van der Waals surface area (Å²) in [5.41, 5.74) is 1.16. The number of hydrogen-bond acceptors (Lipinski definition) is 7. The standard InChI is InChI=1S/C21H20N2O7/c1-3-28-21(27)22-15-6-4-5-14(9-15)20(26)30-12(2)19(25)13-7-8-17-16(10-13)23-18(24)11-29-17/h4-10,12H,3,11H2,1-2H3,(H,22,27)(H,23,24). The number of anilines is 2. The van der Waals surface area contributed by atoms with E-state index in [0.29, 0.717) is 17.1 Å². The van der Waals surface area contributed by atoms with Crippen LogP contribution in [0, 0.1) is 0 Å². The molecule has 2 aromatic carbocycles. The fourth-order valence-corrected chi connectivity index (χ4v) is 2.76. The van der Waals surface area contributed by atoms with Crippen molar-refractivity contribution in [1.29, 1.82) is 0 Å². The minimum atomic E-state index is -1.07. The minimum absolute atomic E-state index is 0.0849. The zero-order valence-corrected chi connectivity index (χ0v) is 16.4. The van der Waals surface area contributed by atoms with Crippen LogP contribution < -0.4 is 15.4 Å². The minimum Gasteiger partial charge on any atom is -0.482 e. The Morgan fingerprint density at radius 1 is 1.17 bits per heavy atom. The van der Waals surface area contributed by atoms with E-state index in [1.54, 1.807) is 25.1 Å². The maximum absolute atomic E-state index is 12.7. The molecule has 9 nitrogen and oxygen atoms in total. The molecule has 2 aromatic rings. The van der Waals surface area contributed by atoms with E-state index in [2.05, 4.69) is 10.6 Å². The van der Waals surface area contributed by atoms with Crippen LogP contribution in [-0.2, 0) is 14.3 Å². The van der Waals surface area contributed by atoms with E-state index in [1.807, 2.05) is 0 Å². The predicted molar refractivity (Wildman–Crippen MR) is 107 cm³/mol. The number of fused-ring (bicyclic) bond motifs is 1. The van der Waals surface area contributed by atoms with Crippen molar-refractivity contribution in [2.75, 3.05) is 23.8 Å². The topological polar surface area (TPSA) is 120 Å². The Morgan fingerprint density at radius 3 is 2.73 bits per heavy atom. The first-order chi connectivity index (χ1) is 14.4. The lowest BCUT2D eigenvalue weighted by Crippen LogP contribution is -2.27. The van der Waals surface area contributed by atoms with E-state index < -0.39 is 23.9 Å². The van der Waals surface area contributed by atoms with Crippen LogP contribution in [0.15, 0.2) is 42.5 Å². The summed E-state index contributed by atoms with van der Waals surface area (Å²) >= 11 is 0. The first-order valence-corrected chi connectivity index (χ1v) is 9.23. The third-order valence-electron chi connectivity index (χ3n) is 4.17. The molecule has 1 aliphatic heterocycles. The van der Waals surface area contributed by atoms with E-state index in [4.69, 9.17) is 14.2 Å². The summed E-state index contributed by atoms with van der Waals surface area (Å²) in [6, 6.07) is 10.7. The molecule has 1 atom stereocenters. The Hall–Kier alpha value is -3.88. The highest BCUT2D eigenvalue weighted by Gasteiger charge is 2.23. The molecule has 1 aliphatic rings. The van der Waals surface area contributed by atoms with E-state index in [-0.39, 0.29) is 30.2 Å². The van der Waals surface area contributed by atoms with Crippen molar-refractivity contribution in [1.82, 2.24) is 0 Å². The van der Waals surface area contributed by atoms with Gasteiger partial charge >= 0.3 is 12.1 Å². The number of ether oxygens (including phenoxy) is 3. The Bertz CT molecular complexity index is 1000. The quantitative estimate of drug-likeness (QED) is 0.553. The van der Waals surface area contributed by atoms with Gasteiger partial charge in [-0.2, -0.15) is 0 Å². The zero-order chi connectivity index (χ0) is 21.7. The smallest absolute Gasteiger partial charge is 0.411 e. The molecule has 0 aliphatic carbocycles. The molecular formula is C21H20N2O7. The predicted octanol–water partition coefficient (Wildman–Crippen LogP) is 3.01. The molecule has 30 heavy (non-hydrogen) atoms. The first kappa shape index (κ1) is 20.8. The first-order valence-electron chi connectivity index (χ1n) is 9.23. The van der Waals surface area contributed by atoms with Gasteiger partial charge < -0.3 is 19.5 Å². The molecule has 1 unspecified atom stereocenters.